The number of nitrogens with zero attached hydrogens (tertiary/aromatic N) is 2. The SMILES string of the molecule is COc1ccc(C2Cn3cnc(C(=O)NCCc4ccccc4)c3CO2)cc1. The number of carbonyl (C=O) groups excluding carboxylic acids is 1. The molecular formula is C22H23N3O3. The first-order chi connectivity index (χ1) is 13.7. The molecule has 1 aliphatic heterocycles. The van der Waals surface area contributed by atoms with E-state index in [9.17, 15) is 4.79 Å². The maximum atomic E-state index is 12.5. The van der Waals surface area contributed by atoms with Gasteiger partial charge in [0.1, 0.15) is 11.9 Å². The van der Waals surface area contributed by atoms with Crippen LogP contribution in [-0.2, 0) is 24.3 Å². The van der Waals surface area contributed by atoms with Gasteiger partial charge in [0.15, 0.2) is 5.69 Å². The number of benzene rings is 2. The number of hydrogen-bond acceptors (Lipinski definition) is 4. The maximum absolute atomic E-state index is 12.5. The Labute approximate surface area is 164 Å². The predicted molar refractivity (Wildman–Crippen MR) is 105 cm³/mol. The van der Waals surface area contributed by atoms with Crippen LogP contribution >= 0.6 is 0 Å². The molecule has 0 fully saturated rings. The minimum Gasteiger partial charge on any atom is -0.497 e. The van der Waals surface area contributed by atoms with Crippen molar-refractivity contribution in [2.75, 3.05) is 13.7 Å². The van der Waals surface area contributed by atoms with E-state index in [1.807, 2.05) is 47.0 Å². The predicted octanol–water partition coefficient (Wildman–Crippen LogP) is 3.14. The van der Waals surface area contributed by atoms with E-state index < -0.39 is 0 Å². The third kappa shape index (κ3) is 3.92. The van der Waals surface area contributed by atoms with E-state index in [4.69, 9.17) is 9.47 Å². The smallest absolute Gasteiger partial charge is 0.271 e. The van der Waals surface area contributed by atoms with Gasteiger partial charge in [0, 0.05) is 6.54 Å². The van der Waals surface area contributed by atoms with Crippen LogP contribution in [0.5, 0.6) is 5.75 Å². The molecule has 144 valence electrons. The lowest BCUT2D eigenvalue weighted by atomic mass is 10.1. The summed E-state index contributed by atoms with van der Waals surface area (Å²) in [5.74, 6) is 0.661. The molecule has 1 aromatic heterocycles. The first kappa shape index (κ1) is 18.3. The fourth-order valence-corrected chi connectivity index (χ4v) is 3.39. The fourth-order valence-electron chi connectivity index (χ4n) is 3.39. The third-order valence-corrected chi connectivity index (χ3v) is 4.97. The second-order valence-electron chi connectivity index (χ2n) is 6.76. The molecule has 2 aromatic carbocycles. The summed E-state index contributed by atoms with van der Waals surface area (Å²) in [7, 11) is 1.65. The quantitative estimate of drug-likeness (QED) is 0.717. The zero-order valence-corrected chi connectivity index (χ0v) is 15.8. The Morgan fingerprint density at radius 2 is 2.00 bits per heavy atom. The first-order valence-electron chi connectivity index (χ1n) is 9.36. The van der Waals surface area contributed by atoms with Crippen molar-refractivity contribution in [3.05, 3.63) is 83.4 Å². The normalized spacial score (nSPS) is 15.7. The number of carbonyl (C=O) groups is 1. The molecule has 1 atom stereocenters. The Kier molecular flexibility index (Phi) is 5.39. The average Bonchev–Trinajstić information content (AvgIpc) is 3.18. The summed E-state index contributed by atoms with van der Waals surface area (Å²) in [6.45, 7) is 1.56. The molecule has 0 bridgehead atoms. The molecule has 2 heterocycles. The van der Waals surface area contributed by atoms with Gasteiger partial charge in [0.05, 0.1) is 32.3 Å². The summed E-state index contributed by atoms with van der Waals surface area (Å²) in [6, 6.07) is 17.9. The highest BCUT2D eigenvalue weighted by atomic mass is 16.5. The van der Waals surface area contributed by atoms with E-state index in [0.29, 0.717) is 25.4 Å². The van der Waals surface area contributed by atoms with Crippen LogP contribution in [0.2, 0.25) is 0 Å². The number of methoxy groups -OCH3 is 1. The number of fused-ring (bicyclic) bond motifs is 1. The van der Waals surface area contributed by atoms with E-state index in [1.54, 1.807) is 13.4 Å². The highest BCUT2D eigenvalue weighted by molar-refractivity contribution is 5.93. The van der Waals surface area contributed by atoms with Gasteiger partial charge in [-0.3, -0.25) is 4.79 Å². The van der Waals surface area contributed by atoms with E-state index in [1.165, 1.54) is 5.56 Å². The second kappa shape index (κ2) is 8.27. The van der Waals surface area contributed by atoms with Crippen molar-refractivity contribution >= 4 is 5.91 Å². The molecule has 0 spiro atoms. The molecule has 0 radical (unpaired) electrons. The molecular weight excluding hydrogens is 354 g/mol. The molecule has 1 amide bonds. The van der Waals surface area contributed by atoms with Crippen molar-refractivity contribution in [3.63, 3.8) is 0 Å². The van der Waals surface area contributed by atoms with E-state index in [2.05, 4.69) is 22.4 Å². The molecule has 0 saturated heterocycles. The van der Waals surface area contributed by atoms with Gasteiger partial charge in [-0.25, -0.2) is 4.98 Å². The van der Waals surface area contributed by atoms with Gasteiger partial charge in [0.25, 0.3) is 5.91 Å². The lowest BCUT2D eigenvalue weighted by Gasteiger charge is -2.25. The van der Waals surface area contributed by atoms with Crippen molar-refractivity contribution in [2.24, 2.45) is 0 Å². The molecule has 4 rings (SSSR count). The lowest BCUT2D eigenvalue weighted by Crippen LogP contribution is -2.28. The van der Waals surface area contributed by atoms with Gasteiger partial charge in [-0.2, -0.15) is 0 Å². The van der Waals surface area contributed by atoms with E-state index >= 15 is 0 Å². The third-order valence-electron chi connectivity index (χ3n) is 4.97. The van der Waals surface area contributed by atoms with Crippen LogP contribution in [0.4, 0.5) is 0 Å². The van der Waals surface area contributed by atoms with Crippen molar-refractivity contribution in [1.82, 2.24) is 14.9 Å². The maximum Gasteiger partial charge on any atom is 0.271 e. The van der Waals surface area contributed by atoms with Crippen LogP contribution in [-0.4, -0.2) is 29.1 Å². The van der Waals surface area contributed by atoms with Gasteiger partial charge in [-0.15, -0.1) is 0 Å². The van der Waals surface area contributed by atoms with Crippen molar-refractivity contribution in [3.8, 4) is 5.75 Å². The van der Waals surface area contributed by atoms with Gasteiger partial charge < -0.3 is 19.4 Å². The highest BCUT2D eigenvalue weighted by Gasteiger charge is 2.26. The Morgan fingerprint density at radius 3 is 2.75 bits per heavy atom. The summed E-state index contributed by atoms with van der Waals surface area (Å²) >= 11 is 0. The van der Waals surface area contributed by atoms with E-state index in [0.717, 1.165) is 23.4 Å². The average molecular weight is 377 g/mol. The molecule has 1 aliphatic rings. The number of ether oxygens (including phenoxy) is 2. The minimum atomic E-state index is -0.156. The topological polar surface area (TPSA) is 65.4 Å². The standard InChI is InChI=1S/C22H23N3O3/c1-27-18-9-7-17(8-10-18)20-13-25-15-24-21(19(25)14-28-20)22(26)23-12-11-16-5-3-2-4-6-16/h2-10,15,20H,11-14H2,1H3,(H,23,26). The van der Waals surface area contributed by atoms with Crippen molar-refractivity contribution in [1.29, 1.82) is 0 Å². The fraction of sp³-hybridized carbons (Fsp3) is 0.273. The molecule has 1 unspecified atom stereocenters. The minimum absolute atomic E-state index is 0.0680. The molecule has 0 saturated carbocycles. The number of rotatable bonds is 6. The number of aromatic nitrogens is 2. The van der Waals surface area contributed by atoms with Gasteiger partial charge in [0.2, 0.25) is 0 Å². The Morgan fingerprint density at radius 1 is 1.21 bits per heavy atom. The van der Waals surface area contributed by atoms with Crippen LogP contribution in [0, 0.1) is 0 Å². The van der Waals surface area contributed by atoms with Crippen LogP contribution in [0.1, 0.15) is 33.4 Å². The summed E-state index contributed by atoms with van der Waals surface area (Å²) in [6.07, 6.45) is 2.45. The van der Waals surface area contributed by atoms with E-state index in [-0.39, 0.29) is 12.0 Å². The van der Waals surface area contributed by atoms with Crippen LogP contribution in [0.3, 0.4) is 0 Å². The number of hydrogen-bond donors (Lipinski definition) is 1. The summed E-state index contributed by atoms with van der Waals surface area (Å²) in [5, 5.41) is 2.96. The first-order valence-corrected chi connectivity index (χ1v) is 9.36. The van der Waals surface area contributed by atoms with Crippen LogP contribution < -0.4 is 10.1 Å². The largest absolute Gasteiger partial charge is 0.497 e. The second-order valence-corrected chi connectivity index (χ2v) is 6.76. The summed E-state index contributed by atoms with van der Waals surface area (Å²) < 4.78 is 13.2. The Hall–Kier alpha value is -3.12. The number of imidazole rings is 1. The number of nitrogens with one attached hydrogen (secondary N) is 1. The van der Waals surface area contributed by atoms with Crippen LogP contribution in [0.15, 0.2) is 60.9 Å². The van der Waals surface area contributed by atoms with Gasteiger partial charge in [-0.1, -0.05) is 42.5 Å². The lowest BCUT2D eigenvalue weighted by molar-refractivity contribution is 0.00256. The number of amides is 1. The molecule has 3 aromatic rings. The van der Waals surface area contributed by atoms with Crippen molar-refractivity contribution < 1.29 is 14.3 Å². The molecule has 6 heteroatoms. The van der Waals surface area contributed by atoms with Gasteiger partial charge >= 0.3 is 0 Å². The van der Waals surface area contributed by atoms with Crippen LogP contribution in [0.25, 0.3) is 0 Å². The van der Waals surface area contributed by atoms with Gasteiger partial charge in [-0.05, 0) is 29.7 Å². The molecule has 28 heavy (non-hydrogen) atoms. The summed E-state index contributed by atoms with van der Waals surface area (Å²) in [4.78, 5) is 16.9. The Bertz CT molecular complexity index is 935. The molecule has 1 N–H and O–H groups in total. The zero-order valence-electron chi connectivity index (χ0n) is 15.8. The summed E-state index contributed by atoms with van der Waals surface area (Å²) in [5.41, 5.74) is 3.54. The molecule has 6 nitrogen and oxygen atoms in total. The highest BCUT2D eigenvalue weighted by Crippen LogP contribution is 2.28. The van der Waals surface area contributed by atoms with Crippen molar-refractivity contribution in [2.45, 2.75) is 25.7 Å². The molecule has 0 aliphatic carbocycles. The zero-order chi connectivity index (χ0) is 19.3. The monoisotopic (exact) mass is 377 g/mol. The Balaban J connectivity index is 1.38.